The highest BCUT2D eigenvalue weighted by molar-refractivity contribution is 7.47. The lowest BCUT2D eigenvalue weighted by Gasteiger charge is -2.20. The van der Waals surface area contributed by atoms with Gasteiger partial charge in [-0.15, -0.1) is 0 Å². The topological polar surface area (TPSA) is 169 Å². The summed E-state index contributed by atoms with van der Waals surface area (Å²) in [5.74, 6) is -1.19. The van der Waals surface area contributed by atoms with Crippen molar-refractivity contribution >= 4 is 19.8 Å². The molecule has 60 heavy (non-hydrogen) atoms. The number of ether oxygens (including phenoxy) is 2. The molecule has 0 spiro atoms. The Balaban J connectivity index is 4.63. The zero-order chi connectivity index (χ0) is 44.2. The average Bonchev–Trinajstić information content (AvgIpc) is 3.23. The molecule has 0 rings (SSSR count). The van der Waals surface area contributed by atoms with Gasteiger partial charge in [0, 0.05) is 12.8 Å². The summed E-state index contributed by atoms with van der Waals surface area (Å²) in [6.45, 7) is 1.94. The first kappa shape index (κ1) is 56.3. The van der Waals surface area contributed by atoms with Crippen molar-refractivity contribution in [1.82, 2.24) is 0 Å². The van der Waals surface area contributed by atoms with Crippen LogP contribution in [0.2, 0.25) is 0 Å². The number of aliphatic hydroxyl groups excluding tert-OH is 3. The van der Waals surface area contributed by atoms with Crippen molar-refractivity contribution in [1.29, 1.82) is 0 Å². The average molecular weight is 859 g/mol. The van der Waals surface area contributed by atoms with Gasteiger partial charge < -0.3 is 29.7 Å². The van der Waals surface area contributed by atoms with Crippen molar-refractivity contribution in [3.05, 3.63) is 122 Å². The van der Waals surface area contributed by atoms with Gasteiger partial charge in [-0.1, -0.05) is 148 Å². The second-order valence-corrected chi connectivity index (χ2v) is 15.3. The van der Waals surface area contributed by atoms with Crippen LogP contribution in [0.3, 0.4) is 0 Å². The summed E-state index contributed by atoms with van der Waals surface area (Å²) in [7, 11) is -4.68. The molecule has 0 amide bonds. The molecule has 0 aromatic carbocycles. The molecule has 0 aliphatic heterocycles. The van der Waals surface area contributed by atoms with E-state index in [9.17, 15) is 29.3 Å². The molecule has 0 aromatic rings. The number of unbranched alkanes of at least 4 members (excludes halogenated alkanes) is 4. The van der Waals surface area contributed by atoms with Gasteiger partial charge in [0.25, 0.3) is 0 Å². The van der Waals surface area contributed by atoms with E-state index in [1.54, 1.807) is 24.3 Å². The molecule has 0 bridgehead atoms. The van der Waals surface area contributed by atoms with Gasteiger partial charge in [0.15, 0.2) is 6.10 Å². The molecule has 4 atom stereocenters. The van der Waals surface area contributed by atoms with Crippen molar-refractivity contribution in [2.24, 2.45) is 0 Å². The Labute approximate surface area is 360 Å². The summed E-state index contributed by atoms with van der Waals surface area (Å²) in [5, 5.41) is 28.5. The van der Waals surface area contributed by atoms with Gasteiger partial charge >= 0.3 is 19.8 Å². The monoisotopic (exact) mass is 859 g/mol. The first-order chi connectivity index (χ1) is 29.1. The summed E-state index contributed by atoms with van der Waals surface area (Å²) < 4.78 is 32.5. The van der Waals surface area contributed by atoms with Crippen LogP contribution in [-0.4, -0.2) is 76.9 Å². The smallest absolute Gasteiger partial charge is 0.462 e. The number of allylic oxidation sites excluding steroid dienone is 18. The number of carbonyl (C=O) groups is 2. The normalized spacial score (nSPS) is 15.5. The van der Waals surface area contributed by atoms with Crippen LogP contribution in [0.15, 0.2) is 122 Å². The third kappa shape index (κ3) is 41.1. The molecule has 0 heterocycles. The second-order valence-electron chi connectivity index (χ2n) is 13.8. The highest BCUT2D eigenvalue weighted by atomic mass is 31.2. The Morgan fingerprint density at radius 3 is 1.70 bits per heavy atom. The maximum Gasteiger partial charge on any atom is 0.472 e. The number of hydrogen-bond donors (Lipinski definition) is 4. The highest BCUT2D eigenvalue weighted by Gasteiger charge is 2.27. The molecule has 11 nitrogen and oxygen atoms in total. The van der Waals surface area contributed by atoms with Crippen molar-refractivity contribution in [2.45, 2.75) is 141 Å². The van der Waals surface area contributed by atoms with Gasteiger partial charge in [-0.05, 0) is 83.5 Å². The van der Waals surface area contributed by atoms with Gasteiger partial charge in [-0.2, -0.15) is 0 Å². The van der Waals surface area contributed by atoms with Crippen LogP contribution in [0.4, 0.5) is 0 Å². The zero-order valence-electron chi connectivity index (χ0n) is 36.2. The largest absolute Gasteiger partial charge is 0.472 e. The summed E-state index contributed by atoms with van der Waals surface area (Å²) >= 11 is 0. The second kappa shape index (κ2) is 42.0. The molecule has 12 heteroatoms. The Morgan fingerprint density at radius 2 is 1.12 bits per heavy atom. The number of rotatable bonds is 38. The van der Waals surface area contributed by atoms with E-state index in [1.165, 1.54) is 19.3 Å². The van der Waals surface area contributed by atoms with Gasteiger partial charge in [-0.3, -0.25) is 18.6 Å². The molecule has 0 radical (unpaired) electrons. The minimum atomic E-state index is -4.68. The van der Waals surface area contributed by atoms with Crippen LogP contribution < -0.4 is 0 Å². The Kier molecular flexibility index (Phi) is 39.5. The third-order valence-electron chi connectivity index (χ3n) is 8.19. The van der Waals surface area contributed by atoms with Gasteiger partial charge in [0.2, 0.25) is 0 Å². The predicted octanol–water partition coefficient (Wildman–Crippen LogP) is 10.5. The fourth-order valence-corrected chi connectivity index (χ4v) is 5.65. The number of aliphatic hydroxyl groups is 3. The van der Waals surface area contributed by atoms with E-state index in [2.05, 4.69) is 91.3 Å². The van der Waals surface area contributed by atoms with Crippen LogP contribution in [0.5, 0.6) is 0 Å². The fraction of sp³-hybridized carbons (Fsp3) is 0.542. The Bertz CT molecular complexity index is 1420. The maximum atomic E-state index is 12.6. The number of esters is 2. The molecule has 0 aliphatic carbocycles. The van der Waals surface area contributed by atoms with Gasteiger partial charge in [0.1, 0.15) is 12.7 Å². The van der Waals surface area contributed by atoms with Crippen LogP contribution in [0.25, 0.3) is 0 Å². The van der Waals surface area contributed by atoms with E-state index >= 15 is 0 Å². The van der Waals surface area contributed by atoms with Crippen molar-refractivity contribution in [3.8, 4) is 0 Å². The van der Waals surface area contributed by atoms with E-state index in [4.69, 9.17) is 19.1 Å². The van der Waals surface area contributed by atoms with E-state index in [0.29, 0.717) is 25.7 Å². The van der Waals surface area contributed by atoms with Crippen LogP contribution in [0.1, 0.15) is 123 Å². The van der Waals surface area contributed by atoms with Gasteiger partial charge in [0.05, 0.1) is 25.9 Å². The van der Waals surface area contributed by atoms with Crippen molar-refractivity contribution in [2.75, 3.05) is 26.4 Å². The van der Waals surface area contributed by atoms with E-state index < -0.39 is 64.5 Å². The zero-order valence-corrected chi connectivity index (χ0v) is 37.1. The van der Waals surface area contributed by atoms with Crippen LogP contribution in [0, 0.1) is 0 Å². The minimum absolute atomic E-state index is 0.0155. The molecular formula is C48H75O11P. The van der Waals surface area contributed by atoms with Crippen molar-refractivity contribution < 1.29 is 52.9 Å². The molecule has 4 N–H and O–H groups in total. The highest BCUT2D eigenvalue weighted by Crippen LogP contribution is 2.43. The molecule has 0 aromatic heterocycles. The lowest BCUT2D eigenvalue weighted by atomic mass is 10.2. The van der Waals surface area contributed by atoms with Crippen molar-refractivity contribution in [3.63, 3.8) is 0 Å². The van der Waals surface area contributed by atoms with E-state index in [1.807, 2.05) is 24.3 Å². The molecular weight excluding hydrogens is 783 g/mol. The number of phosphoric ester groups is 1. The number of hydrogen-bond acceptors (Lipinski definition) is 10. The molecule has 0 aliphatic rings. The summed E-state index contributed by atoms with van der Waals surface area (Å²) in [4.78, 5) is 35.0. The molecule has 0 saturated carbocycles. The Hall–Kier alpha value is -3.67. The standard InChI is InChI=1S/C48H75O11P/c1-3-5-7-9-11-13-15-17-18-19-20-22-24-26-28-30-34-39-48(53)59-46(43-58-60(54,55)57-41-45(51)40-49)42-56-47(52)38-35-31-33-37-44(50)36-32-29-27-25-23-21-16-14-12-10-8-6-4-2/h6,8,11-14,17-18,20-23,26-29,31-33,36,44-46,49-51H,3-5,7,9-10,15-16,19,24-25,30,34-35,37-43H2,1-2H3,(H,54,55)/b8-6-,13-11-,14-12-,18-17-,22-20-,23-21-,28-26-,29-27-,33-31-,36-32-/t44?,45-,46+/m0/s1. The van der Waals surface area contributed by atoms with Crippen LogP contribution in [-0.2, 0) is 32.7 Å². The number of carbonyl (C=O) groups excluding carboxylic acids is 2. The third-order valence-corrected chi connectivity index (χ3v) is 9.14. The molecule has 0 saturated heterocycles. The van der Waals surface area contributed by atoms with Gasteiger partial charge in [-0.25, -0.2) is 4.57 Å². The lowest BCUT2D eigenvalue weighted by Crippen LogP contribution is -2.29. The Morgan fingerprint density at radius 1 is 0.583 bits per heavy atom. The summed E-state index contributed by atoms with van der Waals surface area (Å²) in [5.41, 5.74) is 0. The molecule has 2 unspecified atom stereocenters. The quantitative estimate of drug-likeness (QED) is 0.0153. The fourth-order valence-electron chi connectivity index (χ4n) is 4.86. The summed E-state index contributed by atoms with van der Waals surface area (Å²) in [6, 6.07) is 0. The molecule has 0 fully saturated rings. The minimum Gasteiger partial charge on any atom is -0.462 e. The summed E-state index contributed by atoms with van der Waals surface area (Å²) in [6.07, 6.45) is 50.6. The first-order valence-corrected chi connectivity index (χ1v) is 23.1. The van der Waals surface area contributed by atoms with Crippen LogP contribution >= 0.6 is 7.82 Å². The van der Waals surface area contributed by atoms with E-state index in [0.717, 1.165) is 51.4 Å². The number of phosphoric acid groups is 1. The van der Waals surface area contributed by atoms with E-state index in [-0.39, 0.29) is 12.8 Å². The predicted molar refractivity (Wildman–Crippen MR) is 243 cm³/mol. The maximum absolute atomic E-state index is 12.6. The first-order valence-electron chi connectivity index (χ1n) is 21.6. The molecule has 338 valence electrons. The lowest BCUT2D eigenvalue weighted by molar-refractivity contribution is -0.161. The SMILES string of the molecule is CC/C=C\C/C=C\C/C=C\C/C=C\C=C/C(O)C/C=C\CCC(=O)OC[C@H](COP(=O)(O)OC[C@@H](O)CO)OC(=O)CCC/C=C\C/C=C\C/C=C\C/C=C\CCCCC.